The Labute approximate surface area is 139 Å². The van der Waals surface area contributed by atoms with Gasteiger partial charge in [0.2, 0.25) is 0 Å². The fraction of sp³-hybridized carbons (Fsp3) is 0.100. The Morgan fingerprint density at radius 3 is 2.24 bits per heavy atom. The lowest BCUT2D eigenvalue weighted by Crippen LogP contribution is -2.42. The summed E-state index contributed by atoms with van der Waals surface area (Å²) in [4.78, 5) is 24.0. The molecule has 0 aliphatic heterocycles. The molecule has 2 rings (SSSR count). The molecule has 21 heavy (non-hydrogen) atoms. The number of rotatable bonds is 2. The van der Waals surface area contributed by atoms with Gasteiger partial charge < -0.3 is 17.4 Å². The number of aromatic nitrogens is 4. The van der Waals surface area contributed by atoms with Crippen LogP contribution in [0.2, 0.25) is 0 Å². The van der Waals surface area contributed by atoms with Crippen LogP contribution in [0.4, 0.5) is 10.5 Å². The largest absolute Gasteiger partial charge is 0.718 e. The van der Waals surface area contributed by atoms with E-state index in [2.05, 4.69) is 28.2 Å². The SMILES string of the molecule is O=C([S-])N(C(=O)C(Cl)(Cl)Cl)c1ccc(-n2cnnn2)cc1. The second-order valence-corrected chi connectivity index (χ2v) is 6.31. The molecule has 0 radical (unpaired) electrons. The van der Waals surface area contributed by atoms with Crippen molar-refractivity contribution in [3.63, 3.8) is 0 Å². The van der Waals surface area contributed by atoms with Gasteiger partial charge in [0.25, 0.3) is 9.70 Å². The van der Waals surface area contributed by atoms with Crippen LogP contribution >= 0.6 is 34.8 Å². The van der Waals surface area contributed by atoms with Gasteiger partial charge in [0.1, 0.15) is 11.6 Å². The van der Waals surface area contributed by atoms with Crippen LogP contribution < -0.4 is 4.90 Å². The normalized spacial score (nSPS) is 11.2. The summed E-state index contributed by atoms with van der Waals surface area (Å²) in [6.07, 6.45) is 1.39. The Hall–Kier alpha value is -1.48. The monoisotopic (exact) mass is 364 g/mol. The molecule has 1 heterocycles. The Bertz CT molecular complexity index is 656. The van der Waals surface area contributed by atoms with Gasteiger partial charge in [-0.05, 0) is 34.7 Å². The maximum Gasteiger partial charge on any atom is 0.284 e. The maximum atomic E-state index is 11.9. The number of anilines is 1. The third-order valence-electron chi connectivity index (χ3n) is 2.35. The van der Waals surface area contributed by atoms with E-state index in [9.17, 15) is 9.59 Å². The molecule has 2 amide bonds. The molecule has 2 aromatic rings. The van der Waals surface area contributed by atoms with Gasteiger partial charge in [-0.25, -0.2) is 4.68 Å². The molecule has 1 aromatic heterocycles. The minimum Gasteiger partial charge on any atom is -0.718 e. The highest BCUT2D eigenvalue weighted by Crippen LogP contribution is 2.31. The number of carbonyl (C=O) groups excluding carboxylic acids is 2. The third-order valence-corrected chi connectivity index (χ3v) is 3.02. The lowest BCUT2D eigenvalue weighted by atomic mass is 10.2. The lowest BCUT2D eigenvalue weighted by molar-refractivity contribution is -0.116. The van der Waals surface area contributed by atoms with Gasteiger partial charge in [0.15, 0.2) is 0 Å². The van der Waals surface area contributed by atoms with E-state index in [0.29, 0.717) is 10.6 Å². The second kappa shape index (κ2) is 6.10. The number of imide groups is 1. The first-order chi connectivity index (χ1) is 9.80. The smallest absolute Gasteiger partial charge is 0.284 e. The van der Waals surface area contributed by atoms with Gasteiger partial charge in [-0.2, -0.15) is 0 Å². The first-order valence-corrected chi connectivity index (χ1v) is 6.80. The van der Waals surface area contributed by atoms with Crippen molar-refractivity contribution in [2.75, 3.05) is 4.90 Å². The Morgan fingerprint density at radius 2 is 1.81 bits per heavy atom. The Balaban J connectivity index is 2.34. The quantitative estimate of drug-likeness (QED) is 0.598. The molecule has 7 nitrogen and oxygen atoms in total. The average molecular weight is 366 g/mol. The summed E-state index contributed by atoms with van der Waals surface area (Å²) in [6.45, 7) is 0. The van der Waals surface area contributed by atoms with E-state index in [0.717, 1.165) is 0 Å². The standard InChI is InChI=1S/C10H6Cl3N5O2S/c11-10(12,13)8(19)18(9(20)21)7-3-1-6(2-4-7)17-5-14-15-16-17/h1-5H,(H,20,21)/p-1. The summed E-state index contributed by atoms with van der Waals surface area (Å²) < 4.78 is -0.899. The van der Waals surface area contributed by atoms with Crippen molar-refractivity contribution in [2.24, 2.45) is 0 Å². The van der Waals surface area contributed by atoms with Crippen molar-refractivity contribution in [1.29, 1.82) is 0 Å². The molecule has 0 spiro atoms. The summed E-state index contributed by atoms with van der Waals surface area (Å²) in [5, 5.41) is 9.69. The van der Waals surface area contributed by atoms with Crippen molar-refractivity contribution in [3.05, 3.63) is 30.6 Å². The van der Waals surface area contributed by atoms with Gasteiger partial charge in [0, 0.05) is 0 Å². The predicted octanol–water partition coefficient (Wildman–Crippen LogP) is 2.03. The van der Waals surface area contributed by atoms with E-state index in [1.165, 1.54) is 23.1 Å². The minimum atomic E-state index is -2.29. The third kappa shape index (κ3) is 3.59. The number of hydrogen-bond donors (Lipinski definition) is 0. The summed E-state index contributed by atoms with van der Waals surface area (Å²) in [5.74, 6) is -1.05. The van der Waals surface area contributed by atoms with Crippen molar-refractivity contribution >= 4 is 64.3 Å². The zero-order valence-electron chi connectivity index (χ0n) is 9.98. The van der Waals surface area contributed by atoms with Crippen LogP contribution in [0.1, 0.15) is 0 Å². The van der Waals surface area contributed by atoms with Crippen LogP contribution in [-0.2, 0) is 17.4 Å². The van der Waals surface area contributed by atoms with Crippen molar-refractivity contribution in [1.82, 2.24) is 20.2 Å². The van der Waals surface area contributed by atoms with Crippen LogP contribution in [0.15, 0.2) is 30.6 Å². The van der Waals surface area contributed by atoms with Gasteiger partial charge >= 0.3 is 0 Å². The molecule has 0 bridgehead atoms. The van der Waals surface area contributed by atoms with Crippen molar-refractivity contribution in [3.8, 4) is 5.69 Å². The molecule has 0 atom stereocenters. The number of hydrogen-bond acceptors (Lipinski definition) is 6. The lowest BCUT2D eigenvalue weighted by Gasteiger charge is -2.27. The molecular formula is C10H5Cl3N5O2S-. The van der Waals surface area contributed by atoms with Gasteiger partial charge in [0.05, 0.1) is 11.4 Å². The highest BCUT2D eigenvalue weighted by atomic mass is 35.6. The molecule has 0 saturated heterocycles. The fourth-order valence-electron chi connectivity index (χ4n) is 1.47. The number of carbonyl (C=O) groups is 2. The van der Waals surface area contributed by atoms with Crippen LogP contribution in [0.25, 0.3) is 5.69 Å². The molecular weight excluding hydrogens is 361 g/mol. The van der Waals surface area contributed by atoms with E-state index in [-0.39, 0.29) is 5.69 Å². The molecule has 0 aliphatic rings. The van der Waals surface area contributed by atoms with E-state index in [4.69, 9.17) is 34.8 Å². The molecule has 0 aliphatic carbocycles. The maximum absolute atomic E-state index is 11.9. The fourth-order valence-corrected chi connectivity index (χ4v) is 1.91. The van der Waals surface area contributed by atoms with Gasteiger partial charge in [-0.3, -0.25) is 9.69 Å². The molecule has 0 N–H and O–H groups in total. The van der Waals surface area contributed by atoms with Crippen LogP contribution in [-0.4, -0.2) is 35.1 Å². The Kier molecular flexibility index (Phi) is 4.62. The van der Waals surface area contributed by atoms with Gasteiger partial charge in [-0.15, -0.1) is 5.10 Å². The van der Waals surface area contributed by atoms with Gasteiger partial charge in [-0.1, -0.05) is 34.8 Å². The second-order valence-electron chi connectivity index (χ2n) is 3.68. The number of benzene rings is 1. The summed E-state index contributed by atoms with van der Waals surface area (Å²) in [5.41, 5.74) is 0.782. The van der Waals surface area contributed by atoms with Crippen molar-refractivity contribution in [2.45, 2.75) is 3.79 Å². The highest BCUT2D eigenvalue weighted by molar-refractivity contribution is 7.77. The van der Waals surface area contributed by atoms with E-state index in [1.54, 1.807) is 12.1 Å². The van der Waals surface area contributed by atoms with E-state index < -0.39 is 14.9 Å². The Morgan fingerprint density at radius 1 is 1.19 bits per heavy atom. The number of alkyl halides is 3. The zero-order chi connectivity index (χ0) is 15.6. The number of nitrogens with zero attached hydrogens (tertiary/aromatic N) is 5. The molecule has 0 fully saturated rings. The summed E-state index contributed by atoms with van der Waals surface area (Å²) in [6, 6.07) is 6.05. The molecule has 1 aromatic carbocycles. The van der Waals surface area contributed by atoms with E-state index in [1.807, 2.05) is 0 Å². The number of tetrazole rings is 1. The topological polar surface area (TPSA) is 81.0 Å². The van der Waals surface area contributed by atoms with Crippen LogP contribution in [0, 0.1) is 0 Å². The van der Waals surface area contributed by atoms with E-state index >= 15 is 0 Å². The van der Waals surface area contributed by atoms with Crippen LogP contribution in [0.5, 0.6) is 0 Å². The van der Waals surface area contributed by atoms with Crippen molar-refractivity contribution < 1.29 is 9.59 Å². The zero-order valence-corrected chi connectivity index (χ0v) is 13.1. The number of amides is 2. The summed E-state index contributed by atoms with van der Waals surface area (Å²) >= 11 is 21.0. The van der Waals surface area contributed by atoms with Crippen LogP contribution in [0.3, 0.4) is 0 Å². The molecule has 110 valence electrons. The first-order valence-electron chi connectivity index (χ1n) is 5.26. The first kappa shape index (κ1) is 15.9. The molecule has 0 unspecified atom stereocenters. The average Bonchev–Trinajstić information content (AvgIpc) is 2.92. The minimum absolute atomic E-state index is 0.170. The summed E-state index contributed by atoms with van der Waals surface area (Å²) in [7, 11) is 0. The predicted molar refractivity (Wildman–Crippen MR) is 79.7 cm³/mol. The number of halogens is 3. The molecule has 0 saturated carbocycles. The molecule has 11 heteroatoms. The highest BCUT2D eigenvalue weighted by Gasteiger charge is 2.36.